The van der Waals surface area contributed by atoms with Gasteiger partial charge in [-0.25, -0.2) is 0 Å². The Bertz CT molecular complexity index is 572. The van der Waals surface area contributed by atoms with E-state index in [4.69, 9.17) is 4.74 Å². The Labute approximate surface area is 153 Å². The highest BCUT2D eigenvalue weighted by molar-refractivity contribution is 5.80. The van der Waals surface area contributed by atoms with Crippen molar-refractivity contribution in [3.05, 3.63) is 24.3 Å². The Morgan fingerprint density at radius 3 is 2.88 bits per heavy atom. The summed E-state index contributed by atoms with van der Waals surface area (Å²) < 4.78 is 35.2. The molecule has 1 aliphatic rings. The monoisotopic (exact) mass is 370 g/mol. The first kappa shape index (κ1) is 20.2. The summed E-state index contributed by atoms with van der Waals surface area (Å²) in [5.74, 6) is 0.955. The normalized spacial score (nSPS) is 17.7. The molecule has 0 spiro atoms. The first-order valence-corrected chi connectivity index (χ1v) is 9.05. The van der Waals surface area contributed by atoms with Crippen LogP contribution >= 0.6 is 0 Å². The summed E-state index contributed by atoms with van der Waals surface area (Å²) in [5, 5.41) is 6.63. The second-order valence-electron chi connectivity index (χ2n) is 5.88. The molecule has 1 atom stereocenters. The number of anilines is 1. The highest BCUT2D eigenvalue weighted by Gasteiger charge is 2.25. The predicted molar refractivity (Wildman–Crippen MR) is 99.3 cm³/mol. The van der Waals surface area contributed by atoms with E-state index in [9.17, 15) is 8.78 Å². The fourth-order valence-electron chi connectivity index (χ4n) is 2.89. The largest absolute Gasteiger partial charge is 0.433 e. The molecule has 2 rings (SSSR count). The summed E-state index contributed by atoms with van der Waals surface area (Å²) >= 11 is 0. The molecule has 1 aromatic rings. The van der Waals surface area contributed by atoms with E-state index < -0.39 is 6.61 Å². The zero-order chi connectivity index (χ0) is 18.8. The van der Waals surface area contributed by atoms with Gasteiger partial charge in [0.25, 0.3) is 0 Å². The summed E-state index contributed by atoms with van der Waals surface area (Å²) in [4.78, 5) is 6.55. The van der Waals surface area contributed by atoms with Gasteiger partial charge >= 0.3 is 6.61 Å². The number of hydrogen-bond acceptors (Lipinski definition) is 4. The van der Waals surface area contributed by atoms with Gasteiger partial charge in [0.2, 0.25) is 0 Å². The van der Waals surface area contributed by atoms with E-state index in [0.29, 0.717) is 32.0 Å². The van der Waals surface area contributed by atoms with Crippen molar-refractivity contribution in [2.24, 2.45) is 4.99 Å². The number of para-hydroxylation sites is 2. The third kappa shape index (κ3) is 6.33. The molecular formula is C18H28F2N4O2. The molecule has 0 radical (unpaired) electrons. The molecule has 1 aliphatic heterocycles. The molecule has 0 amide bonds. The van der Waals surface area contributed by atoms with Crippen LogP contribution in [0.2, 0.25) is 0 Å². The van der Waals surface area contributed by atoms with Gasteiger partial charge in [0.15, 0.2) is 5.96 Å². The Morgan fingerprint density at radius 1 is 1.35 bits per heavy atom. The minimum absolute atomic E-state index is 0.180. The van der Waals surface area contributed by atoms with Gasteiger partial charge < -0.3 is 25.0 Å². The lowest BCUT2D eigenvalue weighted by Gasteiger charge is -2.22. The van der Waals surface area contributed by atoms with Crippen LogP contribution in [0.4, 0.5) is 14.5 Å². The molecule has 146 valence electrons. The summed E-state index contributed by atoms with van der Waals surface area (Å²) in [6.45, 7) is 5.21. The standard InChI is InChI=1S/C18H28F2N4O2/c1-3-21-18(22-10-12-25-4-2)23-14-9-11-24(13-14)15-7-5-6-8-16(15)26-17(19)20/h5-8,14,17H,3-4,9-13H2,1-2H3,(H2,21,22,23). The van der Waals surface area contributed by atoms with Gasteiger partial charge in [-0.15, -0.1) is 0 Å². The molecule has 1 heterocycles. The van der Waals surface area contributed by atoms with Gasteiger partial charge in [-0.1, -0.05) is 12.1 Å². The number of nitrogens with one attached hydrogen (secondary N) is 2. The van der Waals surface area contributed by atoms with Crippen molar-refractivity contribution in [1.82, 2.24) is 10.6 Å². The molecule has 2 N–H and O–H groups in total. The maximum absolute atomic E-state index is 12.6. The maximum atomic E-state index is 12.6. The van der Waals surface area contributed by atoms with Crippen molar-refractivity contribution in [2.75, 3.05) is 44.3 Å². The number of ether oxygens (including phenoxy) is 2. The molecule has 0 bridgehead atoms. The Hall–Kier alpha value is -2.09. The lowest BCUT2D eigenvalue weighted by Crippen LogP contribution is -2.44. The molecular weight excluding hydrogens is 342 g/mol. The van der Waals surface area contributed by atoms with Gasteiger partial charge in [-0.05, 0) is 32.4 Å². The van der Waals surface area contributed by atoms with Crippen molar-refractivity contribution >= 4 is 11.6 Å². The minimum Gasteiger partial charge on any atom is -0.433 e. The molecule has 8 heteroatoms. The first-order valence-electron chi connectivity index (χ1n) is 9.05. The highest BCUT2D eigenvalue weighted by Crippen LogP contribution is 2.31. The van der Waals surface area contributed by atoms with Crippen LogP contribution in [0.15, 0.2) is 29.3 Å². The van der Waals surface area contributed by atoms with Crippen LogP contribution in [0.5, 0.6) is 5.75 Å². The fourth-order valence-corrected chi connectivity index (χ4v) is 2.89. The predicted octanol–water partition coefficient (Wildman–Crippen LogP) is 2.46. The van der Waals surface area contributed by atoms with E-state index in [1.165, 1.54) is 0 Å². The molecule has 1 unspecified atom stereocenters. The Balaban J connectivity index is 1.94. The molecule has 0 aromatic heterocycles. The van der Waals surface area contributed by atoms with Gasteiger partial charge in [0.1, 0.15) is 5.75 Å². The molecule has 0 saturated carbocycles. The summed E-state index contributed by atoms with van der Waals surface area (Å²) in [6.07, 6.45) is 0.888. The Kier molecular flexibility index (Phi) is 8.40. The van der Waals surface area contributed by atoms with E-state index >= 15 is 0 Å². The van der Waals surface area contributed by atoms with E-state index in [-0.39, 0.29) is 11.8 Å². The number of guanidine groups is 1. The van der Waals surface area contributed by atoms with Gasteiger partial charge in [0.05, 0.1) is 18.8 Å². The van der Waals surface area contributed by atoms with Crippen LogP contribution in [0.1, 0.15) is 20.3 Å². The van der Waals surface area contributed by atoms with Crippen LogP contribution in [0, 0.1) is 0 Å². The molecule has 6 nitrogen and oxygen atoms in total. The molecule has 26 heavy (non-hydrogen) atoms. The lowest BCUT2D eigenvalue weighted by molar-refractivity contribution is -0.0495. The summed E-state index contributed by atoms with van der Waals surface area (Å²) in [7, 11) is 0. The van der Waals surface area contributed by atoms with E-state index in [2.05, 4.69) is 25.3 Å². The van der Waals surface area contributed by atoms with Crippen molar-refractivity contribution in [2.45, 2.75) is 32.9 Å². The second kappa shape index (κ2) is 10.8. The van der Waals surface area contributed by atoms with Crippen LogP contribution in [-0.4, -0.2) is 58.0 Å². The van der Waals surface area contributed by atoms with E-state index in [0.717, 1.165) is 25.5 Å². The number of halogens is 2. The van der Waals surface area contributed by atoms with Crippen molar-refractivity contribution in [3.8, 4) is 5.75 Å². The number of nitrogens with zero attached hydrogens (tertiary/aromatic N) is 2. The molecule has 1 aromatic carbocycles. The Morgan fingerprint density at radius 2 is 2.15 bits per heavy atom. The maximum Gasteiger partial charge on any atom is 0.387 e. The average Bonchev–Trinajstić information content (AvgIpc) is 3.07. The lowest BCUT2D eigenvalue weighted by atomic mass is 10.2. The van der Waals surface area contributed by atoms with Gasteiger partial charge in [0, 0.05) is 32.3 Å². The van der Waals surface area contributed by atoms with E-state index in [1.54, 1.807) is 12.1 Å². The quantitative estimate of drug-likeness (QED) is 0.397. The van der Waals surface area contributed by atoms with Crippen LogP contribution in [0.25, 0.3) is 0 Å². The third-order valence-corrected chi connectivity index (χ3v) is 4.00. The van der Waals surface area contributed by atoms with E-state index in [1.807, 2.05) is 26.0 Å². The zero-order valence-electron chi connectivity index (χ0n) is 15.4. The van der Waals surface area contributed by atoms with Gasteiger partial charge in [-0.3, -0.25) is 4.99 Å². The molecule has 1 saturated heterocycles. The first-order chi connectivity index (χ1) is 12.6. The summed E-state index contributed by atoms with van der Waals surface area (Å²) in [6, 6.07) is 7.08. The topological polar surface area (TPSA) is 58.1 Å². The number of alkyl halides is 2. The zero-order valence-corrected chi connectivity index (χ0v) is 15.4. The smallest absolute Gasteiger partial charge is 0.387 e. The minimum atomic E-state index is -2.83. The van der Waals surface area contributed by atoms with Crippen LogP contribution < -0.4 is 20.3 Å². The number of benzene rings is 1. The van der Waals surface area contributed by atoms with Crippen molar-refractivity contribution < 1.29 is 18.3 Å². The summed E-state index contributed by atoms with van der Waals surface area (Å²) in [5.41, 5.74) is 0.690. The van der Waals surface area contributed by atoms with Gasteiger partial charge in [-0.2, -0.15) is 8.78 Å². The molecule has 0 aliphatic carbocycles. The second-order valence-corrected chi connectivity index (χ2v) is 5.88. The number of aliphatic imine (C=N–C) groups is 1. The molecule has 1 fully saturated rings. The number of rotatable bonds is 9. The SMILES string of the molecule is CCNC(=NCCOCC)NC1CCN(c2ccccc2OC(F)F)C1. The van der Waals surface area contributed by atoms with Crippen molar-refractivity contribution in [1.29, 1.82) is 0 Å². The third-order valence-electron chi connectivity index (χ3n) is 4.00. The average molecular weight is 370 g/mol. The van der Waals surface area contributed by atoms with Crippen LogP contribution in [-0.2, 0) is 4.74 Å². The number of hydrogen-bond donors (Lipinski definition) is 2. The van der Waals surface area contributed by atoms with Crippen LogP contribution in [0.3, 0.4) is 0 Å². The fraction of sp³-hybridized carbons (Fsp3) is 0.611. The highest BCUT2D eigenvalue weighted by atomic mass is 19.3. The van der Waals surface area contributed by atoms with Crippen molar-refractivity contribution in [3.63, 3.8) is 0 Å².